The molecule has 1 fully saturated rings. The molecule has 1 aromatic rings. The van der Waals surface area contributed by atoms with Gasteiger partial charge in [-0.2, -0.15) is 4.31 Å². The summed E-state index contributed by atoms with van der Waals surface area (Å²) in [5.41, 5.74) is 6.60. The maximum atomic E-state index is 12.7. The van der Waals surface area contributed by atoms with E-state index in [0.717, 1.165) is 0 Å². The molecule has 0 bridgehead atoms. The summed E-state index contributed by atoms with van der Waals surface area (Å²) in [6, 6.07) is 4.96. The Morgan fingerprint density at radius 2 is 2.11 bits per heavy atom. The molecular formula is C13H19ClN2O2S. The van der Waals surface area contributed by atoms with Crippen LogP contribution in [0.4, 0.5) is 0 Å². The third-order valence-corrected chi connectivity index (χ3v) is 5.98. The van der Waals surface area contributed by atoms with Crippen LogP contribution in [0.15, 0.2) is 23.1 Å². The van der Waals surface area contributed by atoms with E-state index in [0.29, 0.717) is 34.9 Å². The molecule has 4 nitrogen and oxygen atoms in total. The zero-order chi connectivity index (χ0) is 14.2. The van der Waals surface area contributed by atoms with Crippen LogP contribution in [0.1, 0.15) is 25.3 Å². The van der Waals surface area contributed by atoms with E-state index < -0.39 is 10.0 Å². The summed E-state index contributed by atoms with van der Waals surface area (Å²) in [6.45, 7) is 4.15. The van der Waals surface area contributed by atoms with Crippen LogP contribution < -0.4 is 5.73 Å². The molecule has 0 saturated carbocycles. The van der Waals surface area contributed by atoms with Crippen LogP contribution in [0.25, 0.3) is 0 Å². The van der Waals surface area contributed by atoms with Crippen molar-refractivity contribution < 1.29 is 8.42 Å². The van der Waals surface area contributed by atoms with Crippen molar-refractivity contribution in [3.05, 3.63) is 28.8 Å². The Bertz CT molecular complexity index is 574. The first kappa shape index (κ1) is 14.8. The van der Waals surface area contributed by atoms with E-state index in [4.69, 9.17) is 17.3 Å². The fourth-order valence-corrected chi connectivity index (χ4v) is 4.67. The van der Waals surface area contributed by atoms with Gasteiger partial charge < -0.3 is 5.73 Å². The topological polar surface area (TPSA) is 63.4 Å². The fourth-order valence-electron chi connectivity index (χ4n) is 2.52. The van der Waals surface area contributed by atoms with Gasteiger partial charge in [0.05, 0.1) is 4.90 Å². The Morgan fingerprint density at radius 3 is 2.74 bits per heavy atom. The van der Waals surface area contributed by atoms with Crippen molar-refractivity contribution in [2.45, 2.75) is 43.7 Å². The van der Waals surface area contributed by atoms with Crippen LogP contribution in [0, 0.1) is 6.92 Å². The molecule has 19 heavy (non-hydrogen) atoms. The second-order valence-corrected chi connectivity index (χ2v) is 7.45. The van der Waals surface area contributed by atoms with E-state index in [-0.39, 0.29) is 12.1 Å². The largest absolute Gasteiger partial charge is 0.328 e. The van der Waals surface area contributed by atoms with Gasteiger partial charge in [-0.25, -0.2) is 8.42 Å². The van der Waals surface area contributed by atoms with Crippen molar-refractivity contribution in [2.24, 2.45) is 5.73 Å². The lowest BCUT2D eigenvalue weighted by Crippen LogP contribution is -2.48. The SMILES string of the molecule is Cc1ccc(Cl)cc1S(=O)(=O)N1CC[C@@H](N)C[C@@H]1C. The molecular weight excluding hydrogens is 284 g/mol. The maximum Gasteiger partial charge on any atom is 0.243 e. The first-order valence-electron chi connectivity index (χ1n) is 6.36. The summed E-state index contributed by atoms with van der Waals surface area (Å²) in [5.74, 6) is 0. The number of sulfonamides is 1. The Labute approximate surface area is 119 Å². The highest BCUT2D eigenvalue weighted by Crippen LogP contribution is 2.28. The van der Waals surface area contributed by atoms with Gasteiger partial charge in [-0.15, -0.1) is 0 Å². The normalized spacial score (nSPS) is 25.5. The summed E-state index contributed by atoms with van der Waals surface area (Å²) >= 11 is 5.92. The van der Waals surface area contributed by atoms with Crippen molar-refractivity contribution in [3.8, 4) is 0 Å². The highest BCUT2D eigenvalue weighted by Gasteiger charge is 2.34. The highest BCUT2D eigenvalue weighted by molar-refractivity contribution is 7.89. The molecule has 2 N–H and O–H groups in total. The number of nitrogens with zero attached hydrogens (tertiary/aromatic N) is 1. The fraction of sp³-hybridized carbons (Fsp3) is 0.538. The number of halogens is 1. The van der Waals surface area contributed by atoms with Gasteiger partial charge in [0.2, 0.25) is 10.0 Å². The van der Waals surface area contributed by atoms with Crippen LogP contribution in [0.5, 0.6) is 0 Å². The third kappa shape index (κ3) is 2.94. The van der Waals surface area contributed by atoms with Gasteiger partial charge in [0.1, 0.15) is 0 Å². The predicted octanol–water partition coefficient (Wildman–Crippen LogP) is 2.15. The Hall–Kier alpha value is -0.620. The first-order chi connectivity index (χ1) is 8.82. The lowest BCUT2D eigenvalue weighted by molar-refractivity contribution is 0.247. The summed E-state index contributed by atoms with van der Waals surface area (Å²) in [6.07, 6.45) is 1.39. The number of hydrogen-bond donors (Lipinski definition) is 1. The third-order valence-electron chi connectivity index (χ3n) is 3.59. The molecule has 1 aliphatic rings. The molecule has 0 aromatic heterocycles. The minimum Gasteiger partial charge on any atom is -0.328 e. The zero-order valence-electron chi connectivity index (χ0n) is 11.1. The van der Waals surface area contributed by atoms with E-state index in [9.17, 15) is 8.42 Å². The Kier molecular flexibility index (Phi) is 4.20. The van der Waals surface area contributed by atoms with Crippen molar-refractivity contribution in [3.63, 3.8) is 0 Å². The summed E-state index contributed by atoms with van der Waals surface area (Å²) in [4.78, 5) is 0.294. The second kappa shape index (κ2) is 5.40. The molecule has 2 atom stereocenters. The summed E-state index contributed by atoms with van der Waals surface area (Å²) in [7, 11) is -3.49. The van der Waals surface area contributed by atoms with Gasteiger partial charge in [0.25, 0.3) is 0 Å². The van der Waals surface area contributed by atoms with Crippen molar-refractivity contribution in [2.75, 3.05) is 6.54 Å². The van der Waals surface area contributed by atoms with E-state index in [1.165, 1.54) is 10.4 Å². The first-order valence-corrected chi connectivity index (χ1v) is 8.17. The van der Waals surface area contributed by atoms with E-state index in [2.05, 4.69) is 0 Å². The van der Waals surface area contributed by atoms with Gasteiger partial charge in [-0.3, -0.25) is 0 Å². The van der Waals surface area contributed by atoms with Crippen LogP contribution >= 0.6 is 11.6 Å². The lowest BCUT2D eigenvalue weighted by Gasteiger charge is -2.35. The van der Waals surface area contributed by atoms with Crippen molar-refractivity contribution in [1.29, 1.82) is 0 Å². The molecule has 2 rings (SSSR count). The number of aryl methyl sites for hydroxylation is 1. The van der Waals surface area contributed by atoms with E-state index in [1.807, 2.05) is 6.92 Å². The molecule has 0 aliphatic carbocycles. The van der Waals surface area contributed by atoms with Gasteiger partial charge >= 0.3 is 0 Å². The quantitative estimate of drug-likeness (QED) is 0.910. The van der Waals surface area contributed by atoms with Crippen LogP contribution in [0.2, 0.25) is 5.02 Å². The summed E-state index contributed by atoms with van der Waals surface area (Å²) in [5, 5.41) is 0.436. The number of rotatable bonds is 2. The Morgan fingerprint density at radius 1 is 1.42 bits per heavy atom. The number of benzene rings is 1. The van der Waals surface area contributed by atoms with Gasteiger partial charge in [-0.1, -0.05) is 17.7 Å². The molecule has 1 aromatic carbocycles. The highest BCUT2D eigenvalue weighted by atomic mass is 35.5. The van der Waals surface area contributed by atoms with Crippen LogP contribution in [-0.4, -0.2) is 31.4 Å². The second-order valence-electron chi connectivity index (χ2n) is 5.16. The predicted molar refractivity (Wildman–Crippen MR) is 76.8 cm³/mol. The molecule has 1 aliphatic heterocycles. The lowest BCUT2D eigenvalue weighted by atomic mass is 10.0. The van der Waals surface area contributed by atoms with Gasteiger partial charge in [-0.05, 0) is 44.4 Å². The molecule has 106 valence electrons. The monoisotopic (exact) mass is 302 g/mol. The average Bonchev–Trinajstić information content (AvgIpc) is 2.31. The minimum atomic E-state index is -3.49. The smallest absolute Gasteiger partial charge is 0.243 e. The number of nitrogens with two attached hydrogens (primary N) is 1. The Balaban J connectivity index is 2.39. The zero-order valence-corrected chi connectivity index (χ0v) is 12.7. The van der Waals surface area contributed by atoms with Crippen molar-refractivity contribution >= 4 is 21.6 Å². The molecule has 1 saturated heterocycles. The number of hydrogen-bond acceptors (Lipinski definition) is 3. The van der Waals surface area contributed by atoms with Crippen LogP contribution in [0.3, 0.4) is 0 Å². The molecule has 0 radical (unpaired) electrons. The standard InChI is InChI=1S/C13H19ClN2O2S/c1-9-3-4-11(14)8-13(9)19(17,18)16-6-5-12(15)7-10(16)2/h3-4,8,10,12H,5-7,15H2,1-2H3/t10-,12+/m0/s1. The van der Waals surface area contributed by atoms with Crippen molar-refractivity contribution in [1.82, 2.24) is 4.31 Å². The molecule has 0 spiro atoms. The maximum absolute atomic E-state index is 12.7. The summed E-state index contributed by atoms with van der Waals surface area (Å²) < 4.78 is 26.9. The van der Waals surface area contributed by atoms with E-state index in [1.54, 1.807) is 19.1 Å². The van der Waals surface area contributed by atoms with E-state index >= 15 is 0 Å². The number of piperidine rings is 1. The minimum absolute atomic E-state index is 0.0767. The molecule has 0 amide bonds. The molecule has 6 heteroatoms. The van der Waals surface area contributed by atoms with Crippen LogP contribution in [-0.2, 0) is 10.0 Å². The molecule has 0 unspecified atom stereocenters. The van der Waals surface area contributed by atoms with Gasteiger partial charge in [0, 0.05) is 23.7 Å². The van der Waals surface area contributed by atoms with Gasteiger partial charge in [0.15, 0.2) is 0 Å². The molecule has 1 heterocycles. The average molecular weight is 303 g/mol.